The van der Waals surface area contributed by atoms with E-state index in [-0.39, 0.29) is 0 Å². The normalized spacial score (nSPS) is 23.4. The topological polar surface area (TPSA) is 0 Å². The first-order valence-corrected chi connectivity index (χ1v) is 13.9. The summed E-state index contributed by atoms with van der Waals surface area (Å²) in [5.74, 6) is 1.04. The van der Waals surface area contributed by atoms with Gasteiger partial charge in [-0.1, -0.05) is 167 Å². The Labute approximate surface area is 180 Å². The van der Waals surface area contributed by atoms with Gasteiger partial charge in [0, 0.05) is 0 Å². The van der Waals surface area contributed by atoms with Gasteiger partial charge in [0.2, 0.25) is 0 Å². The molecule has 1 rings (SSSR count). The Hall–Kier alpha value is 0.0649. The van der Waals surface area contributed by atoms with Crippen LogP contribution in [-0.2, 0) is 0 Å². The van der Waals surface area contributed by atoms with Crippen molar-refractivity contribution in [2.24, 2.45) is 5.92 Å². The zero-order valence-corrected chi connectivity index (χ0v) is 20.0. The van der Waals surface area contributed by atoms with Gasteiger partial charge in [0.1, 0.15) is 7.85 Å². The predicted molar refractivity (Wildman–Crippen MR) is 132 cm³/mol. The van der Waals surface area contributed by atoms with Crippen molar-refractivity contribution in [2.45, 2.75) is 167 Å². The molecule has 0 saturated heterocycles. The number of hydrogen-bond acceptors (Lipinski definition) is 0. The summed E-state index contributed by atoms with van der Waals surface area (Å²) < 4.78 is 0. The predicted octanol–water partition coefficient (Wildman–Crippen LogP) is 9.42. The van der Waals surface area contributed by atoms with Crippen LogP contribution in [0.3, 0.4) is 0 Å². The molecule has 1 saturated carbocycles. The van der Waals surface area contributed by atoms with E-state index in [1.54, 1.807) is 0 Å². The van der Waals surface area contributed by atoms with Crippen molar-refractivity contribution < 1.29 is 0 Å². The fraction of sp³-hybridized carbons (Fsp3) is 1.00. The Morgan fingerprint density at radius 1 is 0.357 bits per heavy atom. The second-order valence-electron chi connectivity index (χ2n) is 10.0. The largest absolute Gasteiger partial charge is 0.101 e. The van der Waals surface area contributed by atoms with E-state index in [9.17, 15) is 0 Å². The fourth-order valence-corrected chi connectivity index (χ4v) is 5.24. The summed E-state index contributed by atoms with van der Waals surface area (Å²) in [5, 5.41) is 0. The molecule has 0 N–H and O–H groups in total. The van der Waals surface area contributed by atoms with Gasteiger partial charge in [-0.05, 0) is 5.92 Å². The van der Waals surface area contributed by atoms with E-state index < -0.39 is 0 Å². The molecule has 0 bridgehead atoms. The van der Waals surface area contributed by atoms with Gasteiger partial charge in [-0.3, -0.25) is 0 Å². The highest BCUT2D eigenvalue weighted by Crippen LogP contribution is 2.23. The molecule has 0 amide bonds. The third-order valence-corrected chi connectivity index (χ3v) is 7.17. The van der Waals surface area contributed by atoms with E-state index in [0.717, 1.165) is 5.92 Å². The van der Waals surface area contributed by atoms with Gasteiger partial charge in [0.25, 0.3) is 0 Å². The first-order chi connectivity index (χ1) is 13.9. The number of rotatable bonds is 2. The molecule has 0 nitrogen and oxygen atoms in total. The van der Waals surface area contributed by atoms with Gasteiger partial charge < -0.3 is 0 Å². The van der Waals surface area contributed by atoms with Crippen molar-refractivity contribution in [1.29, 1.82) is 0 Å². The zero-order valence-electron chi connectivity index (χ0n) is 20.0. The monoisotopic (exact) mass is 390 g/mol. The Kier molecular flexibility index (Phi) is 20.3. The minimum Gasteiger partial charge on any atom is -0.0808 e. The van der Waals surface area contributed by atoms with Crippen LogP contribution in [0.1, 0.15) is 161 Å². The van der Waals surface area contributed by atoms with Crippen molar-refractivity contribution in [2.75, 3.05) is 0 Å². The van der Waals surface area contributed by atoms with Crippen molar-refractivity contribution in [1.82, 2.24) is 0 Å². The van der Waals surface area contributed by atoms with E-state index in [1.165, 1.54) is 167 Å². The van der Waals surface area contributed by atoms with Crippen LogP contribution < -0.4 is 0 Å². The SMILES string of the molecule is BCCC1CCCCCCCCCCCCCCCCCCCCCCCC1. The molecule has 1 heteroatoms. The maximum Gasteiger partial charge on any atom is 0.101 e. The summed E-state index contributed by atoms with van der Waals surface area (Å²) in [4.78, 5) is 0. The van der Waals surface area contributed by atoms with Crippen LogP contribution in [0.15, 0.2) is 0 Å². The zero-order chi connectivity index (χ0) is 20.0. The highest BCUT2D eigenvalue weighted by molar-refractivity contribution is 6.08. The van der Waals surface area contributed by atoms with Crippen molar-refractivity contribution in [3.63, 3.8) is 0 Å². The molecule has 28 heavy (non-hydrogen) atoms. The molecule has 0 aromatic rings. The van der Waals surface area contributed by atoms with Crippen LogP contribution >= 0.6 is 0 Å². The van der Waals surface area contributed by atoms with Gasteiger partial charge in [-0.25, -0.2) is 0 Å². The summed E-state index contributed by atoms with van der Waals surface area (Å²) in [7, 11) is 2.38. The molecule has 0 atom stereocenters. The van der Waals surface area contributed by atoms with Crippen molar-refractivity contribution >= 4 is 7.85 Å². The lowest BCUT2D eigenvalue weighted by Gasteiger charge is -2.16. The molecular formula is C27H55B. The van der Waals surface area contributed by atoms with Crippen molar-refractivity contribution in [3.05, 3.63) is 0 Å². The molecule has 0 aromatic heterocycles. The fourth-order valence-electron chi connectivity index (χ4n) is 5.24. The molecule has 166 valence electrons. The maximum absolute atomic E-state index is 2.38. The third kappa shape index (κ3) is 18.1. The minimum atomic E-state index is 1.04. The van der Waals surface area contributed by atoms with E-state index in [2.05, 4.69) is 7.85 Å². The van der Waals surface area contributed by atoms with Crippen molar-refractivity contribution in [3.8, 4) is 0 Å². The molecule has 0 unspecified atom stereocenters. The van der Waals surface area contributed by atoms with Crippen LogP contribution in [0.2, 0.25) is 6.32 Å². The quantitative estimate of drug-likeness (QED) is 0.412. The van der Waals surface area contributed by atoms with Gasteiger partial charge in [0.05, 0.1) is 0 Å². The molecule has 1 aliphatic carbocycles. The highest BCUT2D eigenvalue weighted by Gasteiger charge is 2.07. The molecule has 0 aromatic carbocycles. The second kappa shape index (κ2) is 21.8. The highest BCUT2D eigenvalue weighted by atomic mass is 14.1. The molecule has 0 aliphatic heterocycles. The average Bonchev–Trinajstić information content (AvgIpc) is 2.70. The summed E-state index contributed by atoms with van der Waals surface area (Å²) >= 11 is 0. The van der Waals surface area contributed by atoms with Crippen LogP contribution in [0.5, 0.6) is 0 Å². The Balaban J connectivity index is 2.16. The smallest absolute Gasteiger partial charge is 0.0808 e. The lowest BCUT2D eigenvalue weighted by atomic mass is 9.86. The maximum atomic E-state index is 2.38. The Morgan fingerprint density at radius 3 is 0.786 bits per heavy atom. The summed E-state index contributed by atoms with van der Waals surface area (Å²) in [6.07, 6.45) is 38.9. The van der Waals surface area contributed by atoms with Crippen LogP contribution in [0.25, 0.3) is 0 Å². The summed E-state index contributed by atoms with van der Waals surface area (Å²) in [5.41, 5.74) is 0. The molecule has 0 spiro atoms. The molecule has 1 fully saturated rings. The Morgan fingerprint density at radius 2 is 0.571 bits per heavy atom. The van der Waals surface area contributed by atoms with E-state index in [4.69, 9.17) is 0 Å². The van der Waals surface area contributed by atoms with Crippen LogP contribution in [-0.4, -0.2) is 7.85 Å². The van der Waals surface area contributed by atoms with Gasteiger partial charge in [0.15, 0.2) is 0 Å². The number of hydrogen-bond donors (Lipinski definition) is 0. The second-order valence-corrected chi connectivity index (χ2v) is 10.0. The Bertz CT molecular complexity index is 262. The van der Waals surface area contributed by atoms with Crippen LogP contribution in [0.4, 0.5) is 0 Å². The average molecular weight is 391 g/mol. The molecular weight excluding hydrogens is 335 g/mol. The van der Waals surface area contributed by atoms with Gasteiger partial charge in [-0.2, -0.15) is 0 Å². The van der Waals surface area contributed by atoms with Gasteiger partial charge in [-0.15, -0.1) is 0 Å². The lowest BCUT2D eigenvalue weighted by molar-refractivity contribution is 0.392. The third-order valence-electron chi connectivity index (χ3n) is 7.17. The van der Waals surface area contributed by atoms with E-state index >= 15 is 0 Å². The van der Waals surface area contributed by atoms with Gasteiger partial charge >= 0.3 is 0 Å². The molecule has 0 radical (unpaired) electrons. The van der Waals surface area contributed by atoms with Crippen LogP contribution in [0, 0.1) is 5.92 Å². The van der Waals surface area contributed by atoms with E-state index in [0.29, 0.717) is 0 Å². The minimum absolute atomic E-state index is 1.04. The molecule has 0 heterocycles. The van der Waals surface area contributed by atoms with E-state index in [1.807, 2.05) is 0 Å². The standard InChI is InChI=1S/C27H55B/c28-26-25-27-23-21-19-17-15-13-11-9-7-5-3-1-2-4-6-8-10-12-14-16-18-20-22-24-27/h27H,1-26,28H2. The first kappa shape index (κ1) is 26.1. The summed E-state index contributed by atoms with van der Waals surface area (Å²) in [6, 6.07) is 0. The summed E-state index contributed by atoms with van der Waals surface area (Å²) in [6.45, 7) is 0. The lowest BCUT2D eigenvalue weighted by Crippen LogP contribution is -2.01. The molecule has 1 aliphatic rings. The first-order valence-electron chi connectivity index (χ1n) is 13.9.